The number of rotatable bonds is 4. The molecule has 0 spiro atoms. The van der Waals surface area contributed by atoms with Crippen molar-refractivity contribution in [1.82, 2.24) is 20.4 Å². The highest BCUT2D eigenvalue weighted by Gasteiger charge is 2.33. The van der Waals surface area contributed by atoms with Crippen LogP contribution in [-0.4, -0.2) is 53.5 Å². The fourth-order valence-corrected chi connectivity index (χ4v) is 3.77. The summed E-state index contributed by atoms with van der Waals surface area (Å²) in [6, 6.07) is 7.49. The number of halogens is 2. The first-order valence-electron chi connectivity index (χ1n) is 8.48. The number of morpholine rings is 1. The van der Waals surface area contributed by atoms with Crippen LogP contribution < -0.4 is 10.6 Å². The molecule has 1 aromatic heterocycles. The molecule has 1 aromatic carbocycles. The van der Waals surface area contributed by atoms with E-state index in [4.69, 9.17) is 4.74 Å². The minimum atomic E-state index is -2.52. The summed E-state index contributed by atoms with van der Waals surface area (Å²) in [5, 5.41) is 11.2. The number of hydrogen-bond acceptors (Lipinski definition) is 4. The van der Waals surface area contributed by atoms with E-state index in [9.17, 15) is 13.6 Å². The molecule has 2 N–H and O–H groups in total. The summed E-state index contributed by atoms with van der Waals surface area (Å²) in [5.74, 6) is -0.310. The molecule has 0 aliphatic carbocycles. The second kappa shape index (κ2) is 6.68. The van der Waals surface area contributed by atoms with Crippen molar-refractivity contribution in [3.05, 3.63) is 30.0 Å². The van der Waals surface area contributed by atoms with E-state index in [2.05, 4.69) is 15.7 Å². The van der Waals surface area contributed by atoms with Gasteiger partial charge in [-0.2, -0.15) is 5.10 Å². The van der Waals surface area contributed by atoms with Crippen molar-refractivity contribution in [3.63, 3.8) is 0 Å². The van der Waals surface area contributed by atoms with E-state index in [1.807, 2.05) is 0 Å². The molecule has 2 bridgehead atoms. The number of benzene rings is 1. The van der Waals surface area contributed by atoms with Crippen LogP contribution in [0.1, 0.15) is 23.3 Å². The van der Waals surface area contributed by atoms with Gasteiger partial charge >= 0.3 is 0 Å². The van der Waals surface area contributed by atoms with E-state index in [1.54, 1.807) is 24.3 Å². The first kappa shape index (κ1) is 16.4. The number of fused-ring (bicyclic) bond motifs is 3. The van der Waals surface area contributed by atoms with E-state index in [-0.39, 0.29) is 29.7 Å². The Balaban J connectivity index is 1.55. The molecule has 3 atom stereocenters. The van der Waals surface area contributed by atoms with Crippen molar-refractivity contribution < 1.29 is 18.3 Å². The van der Waals surface area contributed by atoms with Gasteiger partial charge in [0.15, 0.2) is 5.69 Å². The maximum atomic E-state index is 12.8. The molecular formula is C17H20F2N4O2. The van der Waals surface area contributed by atoms with Crippen LogP contribution in [0.15, 0.2) is 24.3 Å². The minimum Gasteiger partial charge on any atom is -0.378 e. The number of piperidine rings is 1. The number of ether oxygens (including phenoxy) is 1. The van der Waals surface area contributed by atoms with Crippen LogP contribution in [0.4, 0.5) is 8.78 Å². The van der Waals surface area contributed by atoms with Gasteiger partial charge < -0.3 is 15.4 Å². The van der Waals surface area contributed by atoms with E-state index in [1.165, 1.54) is 4.68 Å². The number of nitrogens with zero attached hydrogens (tertiary/aromatic N) is 2. The van der Waals surface area contributed by atoms with Crippen molar-refractivity contribution >= 4 is 16.8 Å². The van der Waals surface area contributed by atoms with Crippen LogP contribution in [-0.2, 0) is 11.3 Å². The lowest BCUT2D eigenvalue weighted by Crippen LogP contribution is -2.58. The molecule has 4 rings (SSSR count). The summed E-state index contributed by atoms with van der Waals surface area (Å²) in [6.45, 7) is 0.770. The maximum Gasteiger partial charge on any atom is 0.272 e. The third-order valence-electron chi connectivity index (χ3n) is 4.77. The Kier molecular flexibility index (Phi) is 4.39. The molecule has 2 fully saturated rings. The Morgan fingerprint density at radius 2 is 2.04 bits per heavy atom. The molecule has 2 aromatic rings. The number of nitrogens with one attached hydrogen (secondary N) is 2. The van der Waals surface area contributed by atoms with E-state index in [0.717, 1.165) is 12.8 Å². The molecule has 25 heavy (non-hydrogen) atoms. The Bertz CT molecular complexity index is 767. The normalized spacial score (nSPS) is 26.1. The highest BCUT2D eigenvalue weighted by molar-refractivity contribution is 6.05. The Morgan fingerprint density at radius 1 is 1.32 bits per heavy atom. The fraction of sp³-hybridized carbons (Fsp3) is 0.529. The van der Waals surface area contributed by atoms with Gasteiger partial charge in [-0.05, 0) is 18.9 Å². The highest BCUT2D eigenvalue weighted by atomic mass is 19.3. The van der Waals surface area contributed by atoms with Crippen molar-refractivity contribution in [2.75, 3.05) is 13.2 Å². The smallest absolute Gasteiger partial charge is 0.272 e. The zero-order valence-electron chi connectivity index (χ0n) is 13.6. The van der Waals surface area contributed by atoms with Gasteiger partial charge in [-0.1, -0.05) is 18.2 Å². The molecule has 2 aliphatic heterocycles. The van der Waals surface area contributed by atoms with Gasteiger partial charge in [0.1, 0.15) is 6.54 Å². The minimum absolute atomic E-state index is 0.0339. The van der Waals surface area contributed by atoms with Crippen molar-refractivity contribution in [3.8, 4) is 0 Å². The van der Waals surface area contributed by atoms with Gasteiger partial charge in [0.25, 0.3) is 12.3 Å². The lowest BCUT2D eigenvalue weighted by atomic mass is 9.92. The van der Waals surface area contributed by atoms with Crippen molar-refractivity contribution in [1.29, 1.82) is 0 Å². The quantitative estimate of drug-likeness (QED) is 0.878. The van der Waals surface area contributed by atoms with Gasteiger partial charge in [0.2, 0.25) is 0 Å². The van der Waals surface area contributed by atoms with Crippen LogP contribution >= 0.6 is 0 Å². The Hall–Kier alpha value is -2.06. The summed E-state index contributed by atoms with van der Waals surface area (Å²) < 4.78 is 32.3. The van der Waals surface area contributed by atoms with Gasteiger partial charge in [0.05, 0.1) is 18.7 Å². The Labute approximate surface area is 143 Å². The molecule has 0 saturated carbocycles. The lowest BCUT2D eigenvalue weighted by molar-refractivity contribution is 0.0148. The molecule has 0 radical (unpaired) electrons. The van der Waals surface area contributed by atoms with Crippen molar-refractivity contribution in [2.24, 2.45) is 0 Å². The largest absolute Gasteiger partial charge is 0.378 e. The topological polar surface area (TPSA) is 68.2 Å². The number of carbonyl (C=O) groups excluding carboxylic acids is 1. The molecule has 3 heterocycles. The molecule has 0 unspecified atom stereocenters. The van der Waals surface area contributed by atoms with Crippen LogP contribution in [0, 0.1) is 0 Å². The number of para-hydroxylation sites is 1. The third kappa shape index (κ3) is 3.36. The molecule has 134 valence electrons. The molecule has 6 nitrogen and oxygen atoms in total. The second-order valence-corrected chi connectivity index (χ2v) is 6.68. The first-order valence-corrected chi connectivity index (χ1v) is 8.48. The number of aromatic nitrogens is 2. The van der Waals surface area contributed by atoms with Crippen molar-refractivity contribution in [2.45, 2.75) is 43.9 Å². The number of hydrogen-bond donors (Lipinski definition) is 2. The summed E-state index contributed by atoms with van der Waals surface area (Å²) in [4.78, 5) is 12.7. The fourth-order valence-electron chi connectivity index (χ4n) is 3.77. The predicted octanol–water partition coefficient (Wildman–Crippen LogP) is 1.55. The van der Waals surface area contributed by atoms with Gasteiger partial charge in [-0.3, -0.25) is 9.48 Å². The SMILES string of the molecule is O=C(N[C@H]1C[C@H]2COC[C@@H](C1)N2)c1nn(CC(F)F)c2ccccc12. The zero-order valence-corrected chi connectivity index (χ0v) is 13.6. The summed E-state index contributed by atoms with van der Waals surface area (Å²) >= 11 is 0. The molecular weight excluding hydrogens is 330 g/mol. The van der Waals surface area contributed by atoms with Gasteiger partial charge in [-0.15, -0.1) is 0 Å². The number of carbonyl (C=O) groups is 1. The molecule has 8 heteroatoms. The number of alkyl halides is 2. The van der Waals surface area contributed by atoms with Crippen LogP contribution in [0.2, 0.25) is 0 Å². The van der Waals surface area contributed by atoms with E-state index in [0.29, 0.717) is 24.1 Å². The standard InChI is InChI=1S/C17H20F2N4O2/c18-15(19)7-23-14-4-2-1-3-13(14)16(22-23)17(24)21-10-5-11-8-25-9-12(6-10)20-11/h1-4,10-12,15,20H,5-9H2,(H,21,24)/t10-,11-,12+. The van der Waals surface area contributed by atoms with E-state index < -0.39 is 13.0 Å². The summed E-state index contributed by atoms with van der Waals surface area (Å²) in [6.07, 6.45) is -0.946. The first-order chi connectivity index (χ1) is 12.1. The van der Waals surface area contributed by atoms with Crippen LogP contribution in [0.3, 0.4) is 0 Å². The third-order valence-corrected chi connectivity index (χ3v) is 4.77. The summed E-state index contributed by atoms with van der Waals surface area (Å²) in [5.41, 5.74) is 0.750. The lowest BCUT2D eigenvalue weighted by Gasteiger charge is -2.40. The highest BCUT2D eigenvalue weighted by Crippen LogP contribution is 2.22. The van der Waals surface area contributed by atoms with Crippen LogP contribution in [0.25, 0.3) is 10.9 Å². The van der Waals surface area contributed by atoms with Crippen LogP contribution in [0.5, 0.6) is 0 Å². The van der Waals surface area contributed by atoms with E-state index >= 15 is 0 Å². The monoisotopic (exact) mass is 350 g/mol. The second-order valence-electron chi connectivity index (χ2n) is 6.68. The molecule has 2 aliphatic rings. The Morgan fingerprint density at radius 3 is 2.76 bits per heavy atom. The summed E-state index contributed by atoms with van der Waals surface area (Å²) in [7, 11) is 0. The van der Waals surface area contributed by atoms with Gasteiger partial charge in [0, 0.05) is 23.5 Å². The number of amides is 1. The average Bonchev–Trinajstić information content (AvgIpc) is 2.93. The molecule has 1 amide bonds. The predicted molar refractivity (Wildman–Crippen MR) is 87.8 cm³/mol. The average molecular weight is 350 g/mol. The zero-order chi connectivity index (χ0) is 17.4. The van der Waals surface area contributed by atoms with Gasteiger partial charge in [-0.25, -0.2) is 8.78 Å². The molecule has 2 saturated heterocycles. The maximum absolute atomic E-state index is 12.8.